The summed E-state index contributed by atoms with van der Waals surface area (Å²) in [6.45, 7) is 1.15. The molecule has 0 aromatic heterocycles. The fourth-order valence-electron chi connectivity index (χ4n) is 6.11. The maximum atomic E-state index is 6.75. The van der Waals surface area contributed by atoms with Crippen LogP contribution in [-0.4, -0.2) is 30.6 Å². The number of hydrogen-bond donors (Lipinski definition) is 1. The first-order valence-electron chi connectivity index (χ1n) is 8.60. The highest BCUT2D eigenvalue weighted by Gasteiger charge is 2.53. The summed E-state index contributed by atoms with van der Waals surface area (Å²) in [4.78, 5) is 2.58. The highest BCUT2D eigenvalue weighted by atomic mass is 15.1. The normalized spacial score (nSPS) is 46.6. The van der Waals surface area contributed by atoms with E-state index < -0.39 is 0 Å². The van der Waals surface area contributed by atoms with Crippen molar-refractivity contribution in [3.8, 4) is 0 Å². The molecule has 19 heavy (non-hydrogen) atoms. The van der Waals surface area contributed by atoms with E-state index >= 15 is 0 Å². The molecule has 5 aliphatic carbocycles. The van der Waals surface area contributed by atoms with Gasteiger partial charge in [-0.05, 0) is 81.6 Å². The van der Waals surface area contributed by atoms with Crippen molar-refractivity contribution in [3.63, 3.8) is 0 Å². The molecule has 0 amide bonds. The van der Waals surface area contributed by atoms with Crippen LogP contribution >= 0.6 is 0 Å². The van der Waals surface area contributed by atoms with Crippen molar-refractivity contribution in [1.29, 1.82) is 0 Å². The van der Waals surface area contributed by atoms with Gasteiger partial charge in [0.15, 0.2) is 0 Å². The average Bonchev–Trinajstić information content (AvgIpc) is 2.24. The van der Waals surface area contributed by atoms with Crippen LogP contribution in [0.25, 0.3) is 0 Å². The van der Waals surface area contributed by atoms with E-state index in [9.17, 15) is 0 Å². The maximum absolute atomic E-state index is 6.75. The molecule has 0 spiro atoms. The van der Waals surface area contributed by atoms with Gasteiger partial charge in [-0.3, -0.25) is 0 Å². The van der Waals surface area contributed by atoms with Gasteiger partial charge in [-0.1, -0.05) is 6.42 Å². The molecule has 5 saturated carbocycles. The van der Waals surface area contributed by atoms with Crippen LogP contribution in [0.3, 0.4) is 0 Å². The van der Waals surface area contributed by atoms with E-state index in [2.05, 4.69) is 11.9 Å². The third-order valence-electron chi connectivity index (χ3n) is 7.05. The smallest absolute Gasteiger partial charge is 0.0225 e. The Balaban J connectivity index is 1.45. The molecule has 5 aliphatic rings. The summed E-state index contributed by atoms with van der Waals surface area (Å²) >= 11 is 0. The van der Waals surface area contributed by atoms with E-state index in [1.165, 1.54) is 57.8 Å². The SMILES string of the molecule is CN(CC(N)C12CC3CC(CC(C3)C1)C2)C1CCC1. The van der Waals surface area contributed by atoms with Crippen molar-refractivity contribution in [2.24, 2.45) is 28.9 Å². The first-order valence-corrected chi connectivity index (χ1v) is 8.60. The van der Waals surface area contributed by atoms with Crippen molar-refractivity contribution in [2.75, 3.05) is 13.6 Å². The standard InChI is InChI=1S/C17H30N2/c1-19(15-3-2-4-15)11-16(18)17-8-12-5-13(9-17)7-14(6-12)10-17/h12-16H,2-11,18H2,1H3. The summed E-state index contributed by atoms with van der Waals surface area (Å²) in [6.07, 6.45) is 13.2. The lowest BCUT2D eigenvalue weighted by molar-refractivity contribution is -0.0731. The maximum Gasteiger partial charge on any atom is 0.0225 e. The zero-order chi connectivity index (χ0) is 13.0. The van der Waals surface area contributed by atoms with Gasteiger partial charge < -0.3 is 10.6 Å². The Labute approximate surface area is 118 Å². The number of hydrogen-bond acceptors (Lipinski definition) is 2. The summed E-state index contributed by atoms with van der Waals surface area (Å²) in [5.41, 5.74) is 7.28. The van der Waals surface area contributed by atoms with Gasteiger partial charge >= 0.3 is 0 Å². The van der Waals surface area contributed by atoms with Crippen molar-refractivity contribution in [2.45, 2.75) is 69.9 Å². The first kappa shape index (κ1) is 12.6. The second-order valence-electron chi connectivity index (χ2n) is 8.41. The minimum absolute atomic E-state index is 0.437. The summed E-state index contributed by atoms with van der Waals surface area (Å²) < 4.78 is 0. The molecule has 5 fully saturated rings. The van der Waals surface area contributed by atoms with Crippen LogP contribution in [0.1, 0.15) is 57.8 Å². The molecule has 108 valence electrons. The van der Waals surface area contributed by atoms with Gasteiger partial charge in [-0.2, -0.15) is 0 Å². The van der Waals surface area contributed by atoms with Crippen molar-refractivity contribution >= 4 is 0 Å². The molecule has 0 heterocycles. The molecule has 2 N–H and O–H groups in total. The van der Waals surface area contributed by atoms with Crippen LogP contribution in [0.2, 0.25) is 0 Å². The number of nitrogens with two attached hydrogens (primary N) is 1. The van der Waals surface area contributed by atoms with Gasteiger partial charge in [0.1, 0.15) is 0 Å². The van der Waals surface area contributed by atoms with E-state index in [0.717, 1.165) is 30.3 Å². The van der Waals surface area contributed by atoms with E-state index in [1.807, 2.05) is 0 Å². The van der Waals surface area contributed by atoms with Gasteiger partial charge in [-0.15, -0.1) is 0 Å². The van der Waals surface area contributed by atoms with Crippen LogP contribution in [0.5, 0.6) is 0 Å². The van der Waals surface area contributed by atoms with Crippen molar-refractivity contribution in [1.82, 2.24) is 4.90 Å². The van der Waals surface area contributed by atoms with Crippen LogP contribution in [0, 0.1) is 23.2 Å². The minimum Gasteiger partial charge on any atom is -0.326 e. The highest BCUT2D eigenvalue weighted by molar-refractivity contribution is 5.06. The molecular weight excluding hydrogens is 232 g/mol. The Kier molecular flexibility index (Phi) is 2.97. The molecular formula is C17H30N2. The Bertz CT molecular complexity index is 312. The number of nitrogens with zero attached hydrogens (tertiary/aromatic N) is 1. The minimum atomic E-state index is 0.437. The van der Waals surface area contributed by atoms with Crippen LogP contribution < -0.4 is 5.73 Å². The summed E-state index contributed by atoms with van der Waals surface area (Å²) in [7, 11) is 2.31. The van der Waals surface area contributed by atoms with E-state index in [1.54, 1.807) is 0 Å². The van der Waals surface area contributed by atoms with Crippen LogP contribution in [-0.2, 0) is 0 Å². The number of likely N-dealkylation sites (N-methyl/N-ethyl adjacent to an activating group) is 1. The third kappa shape index (κ3) is 2.06. The van der Waals surface area contributed by atoms with Gasteiger partial charge in [0.05, 0.1) is 0 Å². The van der Waals surface area contributed by atoms with Gasteiger partial charge in [0.2, 0.25) is 0 Å². The fraction of sp³-hybridized carbons (Fsp3) is 1.00. The van der Waals surface area contributed by atoms with Crippen LogP contribution in [0.15, 0.2) is 0 Å². The molecule has 0 aliphatic heterocycles. The van der Waals surface area contributed by atoms with Crippen molar-refractivity contribution < 1.29 is 0 Å². The molecule has 5 rings (SSSR count). The Hall–Kier alpha value is -0.0800. The number of rotatable bonds is 4. The second kappa shape index (κ2) is 4.46. The monoisotopic (exact) mass is 262 g/mol. The van der Waals surface area contributed by atoms with Crippen LogP contribution in [0.4, 0.5) is 0 Å². The lowest BCUT2D eigenvalue weighted by Crippen LogP contribution is -2.58. The summed E-state index contributed by atoms with van der Waals surface area (Å²) in [5, 5.41) is 0. The van der Waals surface area contributed by atoms with E-state index in [4.69, 9.17) is 5.73 Å². The first-order chi connectivity index (χ1) is 9.14. The Morgan fingerprint density at radius 3 is 2.00 bits per heavy atom. The lowest BCUT2D eigenvalue weighted by atomic mass is 9.48. The molecule has 0 aromatic carbocycles. The summed E-state index contributed by atoms with van der Waals surface area (Å²) in [6, 6.07) is 1.28. The molecule has 0 saturated heterocycles. The molecule has 1 unspecified atom stereocenters. The zero-order valence-electron chi connectivity index (χ0n) is 12.5. The topological polar surface area (TPSA) is 29.3 Å². The predicted octanol–water partition coefficient (Wildman–Crippen LogP) is 3.01. The second-order valence-corrected chi connectivity index (χ2v) is 8.41. The molecule has 1 atom stereocenters. The Morgan fingerprint density at radius 2 is 1.58 bits per heavy atom. The quantitative estimate of drug-likeness (QED) is 0.844. The molecule has 2 heteroatoms. The van der Waals surface area contributed by atoms with Gasteiger partial charge in [0, 0.05) is 18.6 Å². The lowest BCUT2D eigenvalue weighted by Gasteiger charge is -2.59. The molecule has 0 aromatic rings. The molecule has 2 nitrogen and oxygen atoms in total. The predicted molar refractivity (Wildman–Crippen MR) is 78.8 cm³/mol. The zero-order valence-corrected chi connectivity index (χ0v) is 12.5. The average molecular weight is 262 g/mol. The molecule has 4 bridgehead atoms. The summed E-state index contributed by atoms with van der Waals surface area (Å²) in [5.74, 6) is 3.10. The molecule has 0 radical (unpaired) electrons. The van der Waals surface area contributed by atoms with Gasteiger partial charge in [0.25, 0.3) is 0 Å². The third-order valence-corrected chi connectivity index (χ3v) is 7.05. The fourth-order valence-corrected chi connectivity index (χ4v) is 6.11. The van der Waals surface area contributed by atoms with Gasteiger partial charge in [-0.25, -0.2) is 0 Å². The van der Waals surface area contributed by atoms with E-state index in [0.29, 0.717) is 11.5 Å². The Morgan fingerprint density at radius 1 is 1.05 bits per heavy atom. The van der Waals surface area contributed by atoms with E-state index in [-0.39, 0.29) is 0 Å². The highest BCUT2D eigenvalue weighted by Crippen LogP contribution is 2.61. The van der Waals surface area contributed by atoms with Crippen molar-refractivity contribution in [3.05, 3.63) is 0 Å². The largest absolute Gasteiger partial charge is 0.326 e.